The maximum Gasteiger partial charge on any atom is 0.255 e. The summed E-state index contributed by atoms with van der Waals surface area (Å²) in [6.07, 6.45) is 3.94. The van der Waals surface area contributed by atoms with Crippen LogP contribution in [0.4, 0.5) is 0 Å². The minimum atomic E-state index is -0.143. The molecule has 0 saturated carbocycles. The zero-order valence-corrected chi connectivity index (χ0v) is 11.1. The molecule has 4 nitrogen and oxygen atoms in total. The highest BCUT2D eigenvalue weighted by atomic mass is 79.9. The predicted octanol–water partition coefficient (Wildman–Crippen LogP) is 2.23. The summed E-state index contributed by atoms with van der Waals surface area (Å²) in [7, 11) is 0. The van der Waals surface area contributed by atoms with Gasteiger partial charge in [-0.3, -0.25) is 4.79 Å². The molecule has 0 radical (unpaired) electrons. The third-order valence-electron chi connectivity index (χ3n) is 2.00. The number of unbranched alkanes of at least 4 members (excludes halogenated alkanes) is 1. The Morgan fingerprint density at radius 2 is 2.31 bits per heavy atom. The smallest absolute Gasteiger partial charge is 0.255 e. The highest BCUT2D eigenvalue weighted by Crippen LogP contribution is 2.16. The molecule has 88 valence electrons. The van der Waals surface area contributed by atoms with E-state index in [1.54, 1.807) is 6.07 Å². The van der Waals surface area contributed by atoms with Crippen LogP contribution in [0.25, 0.3) is 0 Å². The molecule has 0 spiro atoms. The van der Waals surface area contributed by atoms with Crippen molar-refractivity contribution in [1.29, 1.82) is 0 Å². The van der Waals surface area contributed by atoms with E-state index in [1.165, 1.54) is 6.26 Å². The Kier molecular flexibility index (Phi) is 5.48. The number of hydrogen-bond donors (Lipinski definition) is 2. The van der Waals surface area contributed by atoms with E-state index in [-0.39, 0.29) is 5.91 Å². The van der Waals surface area contributed by atoms with Gasteiger partial charge in [-0.2, -0.15) is 0 Å². The van der Waals surface area contributed by atoms with Crippen LogP contribution in [0.5, 0.6) is 0 Å². The Bertz CT molecular complexity index is 379. The van der Waals surface area contributed by atoms with Crippen molar-refractivity contribution in [3.63, 3.8) is 0 Å². The van der Waals surface area contributed by atoms with Crippen molar-refractivity contribution >= 4 is 39.0 Å². The summed E-state index contributed by atoms with van der Waals surface area (Å²) in [4.78, 5) is 12.1. The molecule has 1 amide bonds. The highest BCUT2D eigenvalue weighted by molar-refractivity contribution is 9.10. The molecule has 0 bridgehead atoms. The first-order chi connectivity index (χ1) is 7.61. The third kappa shape index (κ3) is 4.32. The SMILES string of the molecule is NC(=S)CCCCNC(=O)c1ccoc1Br. The lowest BCUT2D eigenvalue weighted by Crippen LogP contribution is -2.24. The monoisotopic (exact) mass is 304 g/mol. The van der Waals surface area contributed by atoms with E-state index in [0.29, 0.717) is 21.8 Å². The summed E-state index contributed by atoms with van der Waals surface area (Å²) < 4.78 is 5.42. The summed E-state index contributed by atoms with van der Waals surface area (Å²) in [5.41, 5.74) is 5.87. The van der Waals surface area contributed by atoms with Crippen molar-refractivity contribution in [2.75, 3.05) is 6.54 Å². The van der Waals surface area contributed by atoms with Crippen LogP contribution in [0.3, 0.4) is 0 Å². The summed E-state index contributed by atoms with van der Waals surface area (Å²) in [5, 5.41) is 2.79. The Morgan fingerprint density at radius 1 is 1.56 bits per heavy atom. The predicted molar refractivity (Wildman–Crippen MR) is 69.4 cm³/mol. The normalized spacial score (nSPS) is 10.1. The van der Waals surface area contributed by atoms with Gasteiger partial charge in [0, 0.05) is 6.54 Å². The van der Waals surface area contributed by atoms with Crippen LogP contribution in [-0.2, 0) is 0 Å². The molecule has 0 atom stereocenters. The van der Waals surface area contributed by atoms with Crippen LogP contribution in [0.2, 0.25) is 0 Å². The first-order valence-corrected chi connectivity index (χ1v) is 6.11. The van der Waals surface area contributed by atoms with Crippen LogP contribution in [0, 0.1) is 0 Å². The van der Waals surface area contributed by atoms with Gasteiger partial charge >= 0.3 is 0 Å². The topological polar surface area (TPSA) is 68.3 Å². The molecule has 0 unspecified atom stereocenters. The summed E-state index contributed by atoms with van der Waals surface area (Å²) in [5.74, 6) is -0.143. The second-order valence-corrected chi connectivity index (χ2v) is 4.53. The standard InChI is InChI=1S/C10H13BrN2O2S/c11-9-7(4-6-15-9)10(14)13-5-2-1-3-8(12)16/h4,6H,1-3,5H2,(H2,12,16)(H,13,14). The Labute approximate surface area is 108 Å². The maximum absolute atomic E-state index is 11.6. The molecule has 16 heavy (non-hydrogen) atoms. The quantitative estimate of drug-likeness (QED) is 0.625. The number of nitrogens with two attached hydrogens (primary N) is 1. The molecular weight excluding hydrogens is 292 g/mol. The van der Waals surface area contributed by atoms with Crippen molar-refractivity contribution in [1.82, 2.24) is 5.32 Å². The Morgan fingerprint density at radius 3 is 2.88 bits per heavy atom. The molecule has 0 aliphatic heterocycles. The number of nitrogens with one attached hydrogen (secondary N) is 1. The number of rotatable bonds is 6. The summed E-state index contributed by atoms with van der Waals surface area (Å²) in [6, 6.07) is 1.62. The Hall–Kier alpha value is -0.880. The molecule has 1 heterocycles. The van der Waals surface area contributed by atoms with Gasteiger partial charge in [-0.05, 0) is 41.3 Å². The van der Waals surface area contributed by atoms with Gasteiger partial charge in [-0.15, -0.1) is 0 Å². The van der Waals surface area contributed by atoms with E-state index in [9.17, 15) is 4.79 Å². The second kappa shape index (κ2) is 6.65. The average molecular weight is 305 g/mol. The van der Waals surface area contributed by atoms with E-state index >= 15 is 0 Å². The second-order valence-electron chi connectivity index (χ2n) is 3.29. The number of carbonyl (C=O) groups is 1. The van der Waals surface area contributed by atoms with Gasteiger partial charge in [-0.1, -0.05) is 12.2 Å². The lowest BCUT2D eigenvalue weighted by Gasteiger charge is -2.03. The number of halogens is 1. The molecule has 6 heteroatoms. The molecular formula is C10H13BrN2O2S. The lowest BCUT2D eigenvalue weighted by atomic mass is 10.2. The third-order valence-corrected chi connectivity index (χ3v) is 2.82. The van der Waals surface area contributed by atoms with Crippen molar-refractivity contribution in [3.8, 4) is 0 Å². The minimum absolute atomic E-state index is 0.143. The van der Waals surface area contributed by atoms with Crippen molar-refractivity contribution in [2.24, 2.45) is 5.73 Å². The van der Waals surface area contributed by atoms with Gasteiger partial charge in [-0.25, -0.2) is 0 Å². The number of hydrogen-bond acceptors (Lipinski definition) is 3. The highest BCUT2D eigenvalue weighted by Gasteiger charge is 2.11. The number of furan rings is 1. The first kappa shape index (κ1) is 13.2. The van der Waals surface area contributed by atoms with Crippen LogP contribution in [0.1, 0.15) is 29.6 Å². The van der Waals surface area contributed by atoms with Crippen LogP contribution < -0.4 is 11.1 Å². The minimum Gasteiger partial charge on any atom is -0.457 e. The van der Waals surface area contributed by atoms with Gasteiger partial charge in [0.25, 0.3) is 5.91 Å². The fourth-order valence-corrected chi connectivity index (χ4v) is 1.74. The molecule has 0 saturated heterocycles. The fourth-order valence-electron chi connectivity index (χ4n) is 1.18. The van der Waals surface area contributed by atoms with Gasteiger partial charge in [0.2, 0.25) is 0 Å². The van der Waals surface area contributed by atoms with Gasteiger partial charge in [0.1, 0.15) is 0 Å². The van der Waals surface area contributed by atoms with E-state index in [2.05, 4.69) is 21.2 Å². The molecule has 3 N–H and O–H groups in total. The lowest BCUT2D eigenvalue weighted by molar-refractivity contribution is 0.0951. The largest absolute Gasteiger partial charge is 0.457 e. The zero-order chi connectivity index (χ0) is 12.0. The van der Waals surface area contributed by atoms with Crippen molar-refractivity contribution in [2.45, 2.75) is 19.3 Å². The molecule has 1 rings (SSSR count). The number of thiocarbonyl (C=S) groups is 1. The van der Waals surface area contributed by atoms with Crippen LogP contribution in [0.15, 0.2) is 21.4 Å². The number of amides is 1. The van der Waals surface area contributed by atoms with E-state index in [0.717, 1.165) is 19.3 Å². The van der Waals surface area contributed by atoms with Crippen LogP contribution >= 0.6 is 28.1 Å². The molecule has 0 fully saturated rings. The van der Waals surface area contributed by atoms with Gasteiger partial charge in [0.05, 0.1) is 16.8 Å². The average Bonchev–Trinajstić information content (AvgIpc) is 2.63. The van der Waals surface area contributed by atoms with E-state index < -0.39 is 0 Å². The molecule has 1 aromatic rings. The van der Waals surface area contributed by atoms with E-state index in [4.69, 9.17) is 22.4 Å². The van der Waals surface area contributed by atoms with Gasteiger partial charge < -0.3 is 15.5 Å². The zero-order valence-electron chi connectivity index (χ0n) is 8.66. The first-order valence-electron chi connectivity index (χ1n) is 4.90. The maximum atomic E-state index is 11.6. The summed E-state index contributed by atoms with van der Waals surface area (Å²) in [6.45, 7) is 0.610. The van der Waals surface area contributed by atoms with Crippen LogP contribution in [-0.4, -0.2) is 17.4 Å². The molecule has 1 aromatic heterocycles. The van der Waals surface area contributed by atoms with Gasteiger partial charge in [0.15, 0.2) is 4.67 Å². The van der Waals surface area contributed by atoms with Crippen molar-refractivity contribution in [3.05, 3.63) is 22.6 Å². The number of carbonyl (C=O) groups excluding carboxylic acids is 1. The van der Waals surface area contributed by atoms with E-state index in [1.807, 2.05) is 0 Å². The molecule has 0 aromatic carbocycles. The summed E-state index contributed by atoms with van der Waals surface area (Å²) >= 11 is 7.90. The fraction of sp³-hybridized carbons (Fsp3) is 0.400. The molecule has 0 aliphatic carbocycles. The van der Waals surface area contributed by atoms with Crippen molar-refractivity contribution < 1.29 is 9.21 Å². The molecule has 0 aliphatic rings. The Balaban J connectivity index is 2.21.